The zero-order chi connectivity index (χ0) is 9.19. The number of amides is 1. The highest BCUT2D eigenvalue weighted by Crippen LogP contribution is 2.34. The molecule has 1 saturated carbocycles. The van der Waals surface area contributed by atoms with E-state index < -0.39 is 0 Å². The fraction of sp³-hybridized carbons (Fsp3) is 0.889. The van der Waals surface area contributed by atoms with Crippen molar-refractivity contribution in [1.29, 1.82) is 0 Å². The Morgan fingerprint density at radius 1 is 1.58 bits per heavy atom. The first-order valence-electron chi connectivity index (χ1n) is 4.63. The minimum absolute atomic E-state index is 0.0579. The SMILES string of the molecule is CCNC(=O)C(C)NC1(C)CC1. The minimum atomic E-state index is -0.0579. The molecule has 0 saturated heterocycles. The predicted molar refractivity (Wildman–Crippen MR) is 48.9 cm³/mol. The molecule has 12 heavy (non-hydrogen) atoms. The Kier molecular flexibility index (Phi) is 2.73. The van der Waals surface area contributed by atoms with Crippen LogP contribution < -0.4 is 10.6 Å². The van der Waals surface area contributed by atoms with Crippen LogP contribution in [0.1, 0.15) is 33.6 Å². The van der Waals surface area contributed by atoms with Crippen molar-refractivity contribution in [1.82, 2.24) is 10.6 Å². The van der Waals surface area contributed by atoms with E-state index in [1.54, 1.807) is 0 Å². The van der Waals surface area contributed by atoms with Crippen molar-refractivity contribution in [3.63, 3.8) is 0 Å². The summed E-state index contributed by atoms with van der Waals surface area (Å²) in [4.78, 5) is 11.3. The zero-order valence-corrected chi connectivity index (χ0v) is 8.11. The van der Waals surface area contributed by atoms with Crippen molar-refractivity contribution in [3.8, 4) is 0 Å². The van der Waals surface area contributed by atoms with Gasteiger partial charge in [0.15, 0.2) is 0 Å². The summed E-state index contributed by atoms with van der Waals surface area (Å²) in [5.41, 5.74) is 0.241. The third-order valence-corrected chi connectivity index (χ3v) is 2.31. The van der Waals surface area contributed by atoms with Gasteiger partial charge in [0.1, 0.15) is 0 Å². The van der Waals surface area contributed by atoms with Gasteiger partial charge in [-0.25, -0.2) is 0 Å². The molecular weight excluding hydrogens is 152 g/mol. The van der Waals surface area contributed by atoms with Gasteiger partial charge in [0, 0.05) is 12.1 Å². The van der Waals surface area contributed by atoms with Crippen LogP contribution in [-0.2, 0) is 4.79 Å². The van der Waals surface area contributed by atoms with E-state index in [9.17, 15) is 4.79 Å². The average molecular weight is 170 g/mol. The highest BCUT2D eigenvalue weighted by molar-refractivity contribution is 5.81. The Morgan fingerprint density at radius 2 is 2.17 bits per heavy atom. The van der Waals surface area contributed by atoms with E-state index in [-0.39, 0.29) is 17.5 Å². The molecule has 1 unspecified atom stereocenters. The summed E-state index contributed by atoms with van der Waals surface area (Å²) in [5, 5.41) is 6.10. The number of likely N-dealkylation sites (N-methyl/N-ethyl adjacent to an activating group) is 1. The van der Waals surface area contributed by atoms with E-state index in [1.807, 2.05) is 13.8 Å². The molecule has 0 aromatic rings. The number of rotatable bonds is 4. The van der Waals surface area contributed by atoms with Crippen LogP contribution in [0.4, 0.5) is 0 Å². The highest BCUT2D eigenvalue weighted by atomic mass is 16.2. The molecule has 1 amide bonds. The number of hydrogen-bond acceptors (Lipinski definition) is 2. The lowest BCUT2D eigenvalue weighted by atomic mass is 10.2. The summed E-state index contributed by atoms with van der Waals surface area (Å²) in [7, 11) is 0. The Bertz CT molecular complexity index is 175. The molecule has 0 aromatic heterocycles. The lowest BCUT2D eigenvalue weighted by molar-refractivity contribution is -0.122. The summed E-state index contributed by atoms with van der Waals surface area (Å²) < 4.78 is 0. The molecular formula is C9H18N2O. The standard InChI is InChI=1S/C9H18N2O/c1-4-10-8(12)7(2)11-9(3)5-6-9/h7,11H,4-6H2,1-3H3,(H,10,12). The van der Waals surface area contributed by atoms with E-state index in [2.05, 4.69) is 17.6 Å². The second kappa shape index (κ2) is 3.44. The first kappa shape index (κ1) is 9.52. The molecule has 0 aliphatic heterocycles. The van der Waals surface area contributed by atoms with Gasteiger partial charge in [-0.2, -0.15) is 0 Å². The van der Waals surface area contributed by atoms with Crippen LogP contribution in [0.5, 0.6) is 0 Å². The van der Waals surface area contributed by atoms with Crippen LogP contribution in [-0.4, -0.2) is 24.0 Å². The number of carbonyl (C=O) groups is 1. The Morgan fingerprint density at radius 3 is 2.58 bits per heavy atom. The van der Waals surface area contributed by atoms with Crippen LogP contribution >= 0.6 is 0 Å². The van der Waals surface area contributed by atoms with E-state index in [0.29, 0.717) is 6.54 Å². The summed E-state index contributed by atoms with van der Waals surface area (Å²) >= 11 is 0. The van der Waals surface area contributed by atoms with Crippen LogP contribution in [0.3, 0.4) is 0 Å². The van der Waals surface area contributed by atoms with Crippen molar-refractivity contribution in [3.05, 3.63) is 0 Å². The predicted octanol–water partition coefficient (Wildman–Crippen LogP) is 0.653. The summed E-state index contributed by atoms with van der Waals surface area (Å²) in [6.45, 7) is 6.71. The smallest absolute Gasteiger partial charge is 0.236 e. The number of nitrogens with one attached hydrogen (secondary N) is 2. The second-order valence-corrected chi connectivity index (χ2v) is 3.82. The van der Waals surface area contributed by atoms with Crippen molar-refractivity contribution < 1.29 is 4.79 Å². The van der Waals surface area contributed by atoms with Gasteiger partial charge >= 0.3 is 0 Å². The quantitative estimate of drug-likeness (QED) is 0.650. The molecule has 1 fully saturated rings. The van der Waals surface area contributed by atoms with Crippen molar-refractivity contribution >= 4 is 5.91 Å². The van der Waals surface area contributed by atoms with Crippen molar-refractivity contribution in [2.75, 3.05) is 6.54 Å². The van der Waals surface area contributed by atoms with Crippen LogP contribution in [0, 0.1) is 0 Å². The largest absolute Gasteiger partial charge is 0.355 e. The fourth-order valence-corrected chi connectivity index (χ4v) is 1.25. The molecule has 0 aromatic carbocycles. The third-order valence-electron chi connectivity index (χ3n) is 2.31. The normalized spacial score (nSPS) is 21.6. The van der Waals surface area contributed by atoms with Crippen molar-refractivity contribution in [2.45, 2.75) is 45.2 Å². The maximum absolute atomic E-state index is 11.3. The zero-order valence-electron chi connectivity index (χ0n) is 8.11. The minimum Gasteiger partial charge on any atom is -0.355 e. The first-order valence-corrected chi connectivity index (χ1v) is 4.63. The summed E-state index contributed by atoms with van der Waals surface area (Å²) in [5.74, 6) is 0.102. The maximum Gasteiger partial charge on any atom is 0.236 e. The molecule has 0 spiro atoms. The fourth-order valence-electron chi connectivity index (χ4n) is 1.25. The van der Waals surface area contributed by atoms with E-state index in [0.717, 1.165) is 0 Å². The molecule has 1 rings (SSSR count). The number of hydrogen-bond donors (Lipinski definition) is 2. The molecule has 0 bridgehead atoms. The van der Waals surface area contributed by atoms with E-state index in [4.69, 9.17) is 0 Å². The van der Waals surface area contributed by atoms with E-state index >= 15 is 0 Å². The topological polar surface area (TPSA) is 41.1 Å². The summed E-state index contributed by atoms with van der Waals surface area (Å²) in [6.07, 6.45) is 2.38. The molecule has 1 aliphatic carbocycles. The van der Waals surface area contributed by atoms with Gasteiger partial charge in [0.05, 0.1) is 6.04 Å². The van der Waals surface area contributed by atoms with Gasteiger partial charge in [-0.15, -0.1) is 0 Å². The van der Waals surface area contributed by atoms with E-state index in [1.165, 1.54) is 12.8 Å². The lowest BCUT2D eigenvalue weighted by Gasteiger charge is -2.17. The van der Waals surface area contributed by atoms with Crippen molar-refractivity contribution in [2.24, 2.45) is 0 Å². The Balaban J connectivity index is 2.27. The molecule has 3 nitrogen and oxygen atoms in total. The van der Waals surface area contributed by atoms with Gasteiger partial charge in [0.25, 0.3) is 0 Å². The molecule has 1 atom stereocenters. The lowest BCUT2D eigenvalue weighted by Crippen LogP contribution is -2.46. The Labute approximate surface area is 73.9 Å². The molecule has 2 N–H and O–H groups in total. The monoisotopic (exact) mass is 170 g/mol. The van der Waals surface area contributed by atoms with Gasteiger partial charge in [-0.1, -0.05) is 0 Å². The van der Waals surface area contributed by atoms with Gasteiger partial charge < -0.3 is 10.6 Å². The molecule has 0 radical (unpaired) electrons. The third kappa shape index (κ3) is 2.48. The van der Waals surface area contributed by atoms with Gasteiger partial charge in [-0.3, -0.25) is 4.79 Å². The maximum atomic E-state index is 11.3. The highest BCUT2D eigenvalue weighted by Gasteiger charge is 2.38. The van der Waals surface area contributed by atoms with Gasteiger partial charge in [-0.05, 0) is 33.6 Å². The van der Waals surface area contributed by atoms with Crippen LogP contribution in [0.2, 0.25) is 0 Å². The average Bonchev–Trinajstić information content (AvgIpc) is 2.68. The second-order valence-electron chi connectivity index (χ2n) is 3.82. The first-order chi connectivity index (χ1) is 5.57. The van der Waals surface area contributed by atoms with Gasteiger partial charge in [0.2, 0.25) is 5.91 Å². The molecule has 0 heterocycles. The van der Waals surface area contributed by atoms with Crippen LogP contribution in [0.15, 0.2) is 0 Å². The molecule has 1 aliphatic rings. The summed E-state index contributed by atoms with van der Waals surface area (Å²) in [6, 6.07) is -0.0579. The molecule has 70 valence electrons. The Hall–Kier alpha value is -0.570. The van der Waals surface area contributed by atoms with Crippen LogP contribution in [0.25, 0.3) is 0 Å². The number of carbonyl (C=O) groups excluding carboxylic acids is 1. The molecule has 3 heteroatoms.